The van der Waals surface area contributed by atoms with Crippen molar-refractivity contribution in [3.63, 3.8) is 0 Å². The predicted octanol–water partition coefficient (Wildman–Crippen LogP) is 1.76. The third-order valence-electron chi connectivity index (χ3n) is 3.70. The molecule has 0 radical (unpaired) electrons. The number of benzene rings is 1. The van der Waals surface area contributed by atoms with Gasteiger partial charge in [-0.3, -0.25) is 4.79 Å². The lowest BCUT2D eigenvalue weighted by molar-refractivity contribution is -0.155. The zero-order valence-corrected chi connectivity index (χ0v) is 12.5. The van der Waals surface area contributed by atoms with Gasteiger partial charge in [0, 0.05) is 6.54 Å². The molecule has 0 aromatic heterocycles. The summed E-state index contributed by atoms with van der Waals surface area (Å²) in [7, 11) is 1.35. The van der Waals surface area contributed by atoms with Crippen LogP contribution in [-0.2, 0) is 25.7 Å². The third-order valence-corrected chi connectivity index (χ3v) is 3.70. The van der Waals surface area contributed by atoms with Gasteiger partial charge in [-0.15, -0.1) is 0 Å². The summed E-state index contributed by atoms with van der Waals surface area (Å²) in [6.45, 7) is 2.68. The number of carbonyl (C=O) groups excluding carboxylic acids is 2. The maximum absolute atomic E-state index is 12.4. The van der Waals surface area contributed by atoms with Gasteiger partial charge in [0.15, 0.2) is 0 Å². The highest BCUT2D eigenvalue weighted by atomic mass is 16.5. The topological polar surface area (TPSA) is 55.8 Å². The summed E-state index contributed by atoms with van der Waals surface area (Å²) in [5, 5.41) is 0. The first-order valence-corrected chi connectivity index (χ1v) is 7.17. The van der Waals surface area contributed by atoms with Gasteiger partial charge in [-0.05, 0) is 25.3 Å². The first-order chi connectivity index (χ1) is 10.1. The van der Waals surface area contributed by atoms with Gasteiger partial charge in [0.1, 0.15) is 12.1 Å². The molecule has 0 N–H and O–H groups in total. The van der Waals surface area contributed by atoms with Crippen molar-refractivity contribution in [1.82, 2.24) is 4.90 Å². The van der Waals surface area contributed by atoms with Gasteiger partial charge in [-0.2, -0.15) is 0 Å². The fourth-order valence-corrected chi connectivity index (χ4v) is 2.51. The molecule has 0 spiro atoms. The molecule has 1 heterocycles. The summed E-state index contributed by atoms with van der Waals surface area (Å²) >= 11 is 0. The maximum Gasteiger partial charge on any atom is 0.328 e. The number of rotatable bonds is 5. The van der Waals surface area contributed by atoms with E-state index in [1.54, 1.807) is 11.8 Å². The highest BCUT2D eigenvalue weighted by Crippen LogP contribution is 2.20. The van der Waals surface area contributed by atoms with E-state index in [0.717, 1.165) is 12.0 Å². The Labute approximate surface area is 124 Å². The summed E-state index contributed by atoms with van der Waals surface area (Å²) in [6.07, 6.45) is 0.899. The van der Waals surface area contributed by atoms with Crippen LogP contribution in [-0.4, -0.2) is 42.6 Å². The van der Waals surface area contributed by atoms with E-state index in [2.05, 4.69) is 0 Å². The fraction of sp³-hybridized carbons (Fsp3) is 0.500. The third kappa shape index (κ3) is 3.82. The predicted molar refractivity (Wildman–Crippen MR) is 77.4 cm³/mol. The number of hydrogen-bond donors (Lipinski definition) is 0. The minimum atomic E-state index is -0.574. The number of hydrogen-bond acceptors (Lipinski definition) is 4. The van der Waals surface area contributed by atoms with Crippen LogP contribution in [0.3, 0.4) is 0 Å². The van der Waals surface area contributed by atoms with Crippen molar-refractivity contribution in [3.8, 4) is 0 Å². The molecule has 1 saturated heterocycles. The highest BCUT2D eigenvalue weighted by molar-refractivity contribution is 5.87. The number of nitrogens with zero attached hydrogens (tertiary/aromatic N) is 1. The van der Waals surface area contributed by atoms with Crippen LogP contribution in [0.25, 0.3) is 0 Å². The van der Waals surface area contributed by atoms with Crippen molar-refractivity contribution in [2.24, 2.45) is 0 Å². The molecular formula is C16H21NO4. The lowest BCUT2D eigenvalue weighted by Crippen LogP contribution is -2.45. The monoisotopic (exact) mass is 291 g/mol. The molecule has 1 aromatic rings. The molecule has 1 unspecified atom stereocenters. The summed E-state index contributed by atoms with van der Waals surface area (Å²) in [5.74, 6) is -0.505. The smallest absolute Gasteiger partial charge is 0.328 e. The second-order valence-electron chi connectivity index (χ2n) is 5.15. The van der Waals surface area contributed by atoms with Crippen molar-refractivity contribution in [1.29, 1.82) is 0 Å². The summed E-state index contributed by atoms with van der Waals surface area (Å²) in [6, 6.07) is 9.22. The van der Waals surface area contributed by atoms with E-state index in [1.165, 1.54) is 7.11 Å². The van der Waals surface area contributed by atoms with Crippen molar-refractivity contribution in [3.05, 3.63) is 35.9 Å². The van der Waals surface area contributed by atoms with E-state index < -0.39 is 12.1 Å². The second-order valence-corrected chi connectivity index (χ2v) is 5.15. The number of carbonyl (C=O) groups is 2. The largest absolute Gasteiger partial charge is 0.467 e. The van der Waals surface area contributed by atoms with E-state index in [1.807, 2.05) is 30.3 Å². The molecule has 1 aliphatic rings. The summed E-state index contributed by atoms with van der Waals surface area (Å²) < 4.78 is 10.4. The van der Waals surface area contributed by atoms with Crippen LogP contribution in [0.2, 0.25) is 0 Å². The first-order valence-electron chi connectivity index (χ1n) is 7.17. The van der Waals surface area contributed by atoms with Gasteiger partial charge in [0.05, 0.1) is 13.7 Å². The van der Waals surface area contributed by atoms with Gasteiger partial charge in [-0.1, -0.05) is 30.3 Å². The van der Waals surface area contributed by atoms with Crippen LogP contribution in [0.1, 0.15) is 25.3 Å². The van der Waals surface area contributed by atoms with Crippen LogP contribution < -0.4 is 0 Å². The Hall–Kier alpha value is -1.88. The van der Waals surface area contributed by atoms with E-state index >= 15 is 0 Å². The van der Waals surface area contributed by atoms with E-state index in [9.17, 15) is 9.59 Å². The standard InChI is InChI=1S/C16H21NO4/c1-12(21-11-13-7-4-3-5-8-13)15(18)17-10-6-9-14(17)16(19)20-2/h3-5,7-8,12,14H,6,9-11H2,1-2H3/t12?,14-/m1/s1. The highest BCUT2D eigenvalue weighted by Gasteiger charge is 2.36. The van der Waals surface area contributed by atoms with Crippen molar-refractivity contribution < 1.29 is 19.1 Å². The SMILES string of the molecule is COC(=O)[C@H]1CCCN1C(=O)C(C)OCc1ccccc1. The Kier molecular flexibility index (Phi) is 5.33. The average molecular weight is 291 g/mol. The van der Waals surface area contributed by atoms with E-state index in [0.29, 0.717) is 19.6 Å². The molecular weight excluding hydrogens is 270 g/mol. The van der Waals surface area contributed by atoms with Gasteiger partial charge in [-0.25, -0.2) is 4.79 Å². The van der Waals surface area contributed by atoms with Gasteiger partial charge in [0.25, 0.3) is 5.91 Å². The van der Waals surface area contributed by atoms with Crippen molar-refractivity contribution in [2.75, 3.05) is 13.7 Å². The molecule has 5 nitrogen and oxygen atoms in total. The lowest BCUT2D eigenvalue weighted by atomic mass is 10.2. The fourth-order valence-electron chi connectivity index (χ4n) is 2.51. The molecule has 0 saturated carbocycles. The minimum Gasteiger partial charge on any atom is -0.467 e. The Balaban J connectivity index is 1.91. The molecule has 114 valence electrons. The van der Waals surface area contributed by atoms with Crippen LogP contribution >= 0.6 is 0 Å². The zero-order chi connectivity index (χ0) is 15.2. The zero-order valence-electron chi connectivity index (χ0n) is 12.5. The van der Waals surface area contributed by atoms with Gasteiger partial charge < -0.3 is 14.4 Å². The summed E-state index contributed by atoms with van der Waals surface area (Å²) in [5.41, 5.74) is 1.02. The maximum atomic E-state index is 12.4. The molecule has 0 aliphatic carbocycles. The Bertz CT molecular complexity index is 488. The van der Waals surface area contributed by atoms with E-state index in [4.69, 9.17) is 9.47 Å². The molecule has 1 fully saturated rings. The van der Waals surface area contributed by atoms with Crippen molar-refractivity contribution >= 4 is 11.9 Å². The number of amides is 1. The second kappa shape index (κ2) is 7.22. The van der Waals surface area contributed by atoms with Crippen LogP contribution in [0, 0.1) is 0 Å². The number of esters is 1. The minimum absolute atomic E-state index is 0.154. The molecule has 1 aromatic carbocycles. The molecule has 2 atom stereocenters. The molecule has 2 rings (SSSR count). The van der Waals surface area contributed by atoms with Crippen LogP contribution in [0.5, 0.6) is 0 Å². The lowest BCUT2D eigenvalue weighted by Gasteiger charge is -2.25. The average Bonchev–Trinajstić information content (AvgIpc) is 3.01. The molecule has 1 amide bonds. The normalized spacial score (nSPS) is 19.3. The van der Waals surface area contributed by atoms with Gasteiger partial charge in [0.2, 0.25) is 0 Å². The number of methoxy groups -OCH3 is 1. The van der Waals surface area contributed by atoms with E-state index in [-0.39, 0.29) is 11.9 Å². The van der Waals surface area contributed by atoms with Gasteiger partial charge >= 0.3 is 5.97 Å². The molecule has 0 bridgehead atoms. The quantitative estimate of drug-likeness (QED) is 0.776. The number of likely N-dealkylation sites (tertiary alicyclic amines) is 1. The Morgan fingerprint density at radius 3 is 2.71 bits per heavy atom. The van der Waals surface area contributed by atoms with Crippen LogP contribution in [0.15, 0.2) is 30.3 Å². The Morgan fingerprint density at radius 1 is 1.33 bits per heavy atom. The first kappa shape index (κ1) is 15.5. The molecule has 1 aliphatic heterocycles. The van der Waals surface area contributed by atoms with Crippen LogP contribution in [0.4, 0.5) is 0 Å². The van der Waals surface area contributed by atoms with Crippen molar-refractivity contribution in [2.45, 2.75) is 38.5 Å². The molecule has 5 heteroatoms. The number of ether oxygens (including phenoxy) is 2. The molecule has 21 heavy (non-hydrogen) atoms. The Morgan fingerprint density at radius 2 is 2.05 bits per heavy atom. The summed E-state index contributed by atoms with van der Waals surface area (Å²) in [4.78, 5) is 25.6.